The molecular weight excluding hydrogens is 434 g/mol. The molecule has 0 saturated carbocycles. The molecule has 8 heteroatoms. The number of aromatic nitrogens is 3. The number of piperidine rings is 1. The molecule has 2 saturated heterocycles. The quantitative estimate of drug-likeness (QED) is 0.573. The maximum atomic E-state index is 6.27. The summed E-state index contributed by atoms with van der Waals surface area (Å²) in [6.45, 7) is 9.41. The van der Waals surface area contributed by atoms with Crippen LogP contribution < -0.4 is 15.5 Å². The van der Waals surface area contributed by atoms with Crippen molar-refractivity contribution in [2.45, 2.75) is 32.4 Å². The highest BCUT2D eigenvalue weighted by atomic mass is 35.5. The zero-order valence-corrected chi connectivity index (χ0v) is 19.9. The molecule has 0 aliphatic carbocycles. The smallest absolute Gasteiger partial charge is 0.223 e. The fourth-order valence-corrected chi connectivity index (χ4v) is 5.26. The summed E-state index contributed by atoms with van der Waals surface area (Å²) in [6, 6.07) is 10.4. The van der Waals surface area contributed by atoms with Gasteiger partial charge in [0.1, 0.15) is 5.82 Å². The molecule has 3 aromatic rings. The number of rotatable bonds is 6. The number of nitrogens with one attached hydrogen (secondary N) is 2. The van der Waals surface area contributed by atoms with Crippen LogP contribution in [0.15, 0.2) is 42.7 Å². The van der Waals surface area contributed by atoms with Gasteiger partial charge >= 0.3 is 0 Å². The highest BCUT2D eigenvalue weighted by Gasteiger charge is 2.28. The number of halogens is 1. The number of nitrogens with zero attached hydrogens (tertiary/aromatic N) is 5. The first-order valence-electron chi connectivity index (χ1n) is 12.0. The molecule has 7 nitrogen and oxygen atoms in total. The van der Waals surface area contributed by atoms with Crippen LogP contribution in [-0.2, 0) is 6.54 Å². The van der Waals surface area contributed by atoms with Gasteiger partial charge in [-0.2, -0.15) is 0 Å². The van der Waals surface area contributed by atoms with Crippen molar-refractivity contribution in [1.82, 2.24) is 25.2 Å². The molecule has 174 valence electrons. The highest BCUT2D eigenvalue weighted by molar-refractivity contribution is 6.31. The van der Waals surface area contributed by atoms with Gasteiger partial charge in [0.05, 0.1) is 10.9 Å². The minimum absolute atomic E-state index is 0.584. The Hall–Kier alpha value is -2.48. The van der Waals surface area contributed by atoms with Crippen LogP contribution in [0.4, 0.5) is 11.8 Å². The third-order valence-electron chi connectivity index (χ3n) is 7.14. The monoisotopic (exact) mass is 465 g/mol. The van der Waals surface area contributed by atoms with E-state index >= 15 is 0 Å². The van der Waals surface area contributed by atoms with E-state index in [0.29, 0.717) is 18.5 Å². The molecule has 4 heterocycles. The first-order valence-corrected chi connectivity index (χ1v) is 12.4. The first kappa shape index (κ1) is 22.3. The second kappa shape index (κ2) is 10.2. The molecule has 5 rings (SSSR count). The Morgan fingerprint density at radius 2 is 1.88 bits per heavy atom. The van der Waals surface area contributed by atoms with E-state index in [2.05, 4.69) is 32.3 Å². The van der Waals surface area contributed by atoms with Gasteiger partial charge in [0.15, 0.2) is 0 Å². The minimum Gasteiger partial charge on any atom is -0.353 e. The van der Waals surface area contributed by atoms with Gasteiger partial charge in [0.2, 0.25) is 5.95 Å². The SMILES string of the molecule is CC(C1CCNCC1)N1CCN(c2nccc3nc(NCc4ccccc4Cl)ncc23)CC1. The molecule has 0 amide bonds. The van der Waals surface area contributed by atoms with E-state index < -0.39 is 0 Å². The summed E-state index contributed by atoms with van der Waals surface area (Å²) in [7, 11) is 0. The van der Waals surface area contributed by atoms with E-state index in [1.807, 2.05) is 42.7 Å². The fourth-order valence-electron chi connectivity index (χ4n) is 5.06. The van der Waals surface area contributed by atoms with E-state index in [0.717, 1.165) is 72.5 Å². The lowest BCUT2D eigenvalue weighted by atomic mass is 9.90. The zero-order valence-electron chi connectivity index (χ0n) is 19.2. The molecule has 2 aliphatic heterocycles. The average molecular weight is 466 g/mol. The molecule has 2 aliphatic rings. The molecule has 0 bridgehead atoms. The molecule has 1 unspecified atom stereocenters. The molecule has 1 aromatic carbocycles. The van der Waals surface area contributed by atoms with E-state index in [9.17, 15) is 0 Å². The maximum absolute atomic E-state index is 6.27. The molecule has 0 spiro atoms. The first-order chi connectivity index (χ1) is 16.2. The van der Waals surface area contributed by atoms with Crippen LogP contribution in [0.25, 0.3) is 10.9 Å². The molecule has 2 aromatic heterocycles. The van der Waals surface area contributed by atoms with Crippen LogP contribution in [0.2, 0.25) is 5.02 Å². The van der Waals surface area contributed by atoms with Gasteiger partial charge in [-0.3, -0.25) is 4.90 Å². The van der Waals surface area contributed by atoms with Gasteiger partial charge in [0.25, 0.3) is 0 Å². The van der Waals surface area contributed by atoms with Crippen molar-refractivity contribution in [3.05, 3.63) is 53.3 Å². The standard InChI is InChI=1S/C25H32ClN7/c1-18(19-6-9-27-10-7-19)32-12-14-33(15-13-32)24-21-17-30-25(31-23(21)8-11-28-24)29-16-20-4-2-3-5-22(20)26/h2-5,8,11,17-19,27H,6-7,9-10,12-16H2,1H3,(H,29,30,31). The van der Waals surface area contributed by atoms with Gasteiger partial charge in [-0.25, -0.2) is 15.0 Å². The van der Waals surface area contributed by atoms with Crippen molar-refractivity contribution in [3.63, 3.8) is 0 Å². The van der Waals surface area contributed by atoms with Crippen molar-refractivity contribution in [1.29, 1.82) is 0 Å². The largest absolute Gasteiger partial charge is 0.353 e. The third kappa shape index (κ3) is 5.05. The number of piperazine rings is 1. The normalized spacial score (nSPS) is 19.0. The summed E-state index contributed by atoms with van der Waals surface area (Å²) in [6.07, 6.45) is 6.32. The van der Waals surface area contributed by atoms with Crippen molar-refractivity contribution in [2.24, 2.45) is 5.92 Å². The second-order valence-electron chi connectivity index (χ2n) is 9.06. The third-order valence-corrected chi connectivity index (χ3v) is 7.51. The summed E-state index contributed by atoms with van der Waals surface area (Å²) in [4.78, 5) is 19.0. The van der Waals surface area contributed by atoms with Crippen LogP contribution >= 0.6 is 11.6 Å². The molecule has 2 fully saturated rings. The minimum atomic E-state index is 0.584. The van der Waals surface area contributed by atoms with Gasteiger partial charge in [0, 0.05) is 56.2 Å². The Labute approximate surface area is 200 Å². The number of benzene rings is 1. The summed E-state index contributed by atoms with van der Waals surface area (Å²) in [5.74, 6) is 2.39. The number of fused-ring (bicyclic) bond motifs is 1. The number of anilines is 2. The van der Waals surface area contributed by atoms with Crippen LogP contribution in [0.1, 0.15) is 25.3 Å². The molecule has 0 radical (unpaired) electrons. The topological polar surface area (TPSA) is 69.2 Å². The summed E-state index contributed by atoms with van der Waals surface area (Å²) in [5, 5.41) is 8.52. The average Bonchev–Trinajstić information content (AvgIpc) is 2.88. The van der Waals surface area contributed by atoms with Crippen molar-refractivity contribution >= 4 is 34.3 Å². The molecule has 1 atom stereocenters. The maximum Gasteiger partial charge on any atom is 0.223 e. The second-order valence-corrected chi connectivity index (χ2v) is 9.46. The predicted molar refractivity (Wildman–Crippen MR) is 135 cm³/mol. The van der Waals surface area contributed by atoms with Crippen molar-refractivity contribution in [2.75, 3.05) is 49.5 Å². The van der Waals surface area contributed by atoms with E-state index in [4.69, 9.17) is 21.6 Å². The predicted octanol–water partition coefficient (Wildman–Crippen LogP) is 3.80. The van der Waals surface area contributed by atoms with Crippen LogP contribution in [0, 0.1) is 5.92 Å². The van der Waals surface area contributed by atoms with E-state index in [1.54, 1.807) is 0 Å². The Morgan fingerprint density at radius 1 is 1.09 bits per heavy atom. The van der Waals surface area contributed by atoms with Crippen molar-refractivity contribution in [3.8, 4) is 0 Å². The summed E-state index contributed by atoms with van der Waals surface area (Å²) in [5.41, 5.74) is 1.93. The van der Waals surface area contributed by atoms with Crippen LogP contribution in [0.5, 0.6) is 0 Å². The number of hydrogen-bond acceptors (Lipinski definition) is 7. The Bertz CT molecular complexity index is 1080. The Kier molecular flexibility index (Phi) is 6.90. The van der Waals surface area contributed by atoms with Gasteiger partial charge in [-0.1, -0.05) is 29.8 Å². The molecule has 2 N–H and O–H groups in total. The fraction of sp³-hybridized carbons (Fsp3) is 0.480. The van der Waals surface area contributed by atoms with Crippen LogP contribution in [0.3, 0.4) is 0 Å². The van der Waals surface area contributed by atoms with E-state index in [-0.39, 0.29) is 0 Å². The lowest BCUT2D eigenvalue weighted by molar-refractivity contribution is 0.126. The van der Waals surface area contributed by atoms with Gasteiger partial charge in [-0.05, 0) is 56.5 Å². The zero-order chi connectivity index (χ0) is 22.6. The lowest BCUT2D eigenvalue weighted by Crippen LogP contribution is -2.52. The summed E-state index contributed by atoms with van der Waals surface area (Å²) < 4.78 is 0. The number of hydrogen-bond donors (Lipinski definition) is 2. The molecular formula is C25H32ClN7. The summed E-state index contributed by atoms with van der Waals surface area (Å²) >= 11 is 6.27. The lowest BCUT2D eigenvalue weighted by Gasteiger charge is -2.42. The van der Waals surface area contributed by atoms with E-state index in [1.165, 1.54) is 12.8 Å². The van der Waals surface area contributed by atoms with Gasteiger partial charge < -0.3 is 15.5 Å². The highest BCUT2D eigenvalue weighted by Crippen LogP contribution is 2.27. The Balaban J connectivity index is 1.25. The molecule has 33 heavy (non-hydrogen) atoms. The van der Waals surface area contributed by atoms with Crippen molar-refractivity contribution < 1.29 is 0 Å². The Morgan fingerprint density at radius 3 is 2.67 bits per heavy atom. The number of pyridine rings is 1. The van der Waals surface area contributed by atoms with Gasteiger partial charge in [-0.15, -0.1) is 0 Å². The van der Waals surface area contributed by atoms with Crippen LogP contribution in [-0.4, -0.2) is 65.2 Å².